The lowest BCUT2D eigenvalue weighted by Gasteiger charge is -2.17. The lowest BCUT2D eigenvalue weighted by atomic mass is 10.3. The number of hydrogen-bond acceptors (Lipinski definition) is 4. The van der Waals surface area contributed by atoms with Crippen LogP contribution in [0.25, 0.3) is 0 Å². The van der Waals surface area contributed by atoms with E-state index < -0.39 is 0 Å². The molecule has 0 bridgehead atoms. The summed E-state index contributed by atoms with van der Waals surface area (Å²) in [5.41, 5.74) is 0. The van der Waals surface area contributed by atoms with Crippen LogP contribution in [0.2, 0.25) is 0 Å². The largest absolute Gasteiger partial charge is 0.462 e. The van der Waals surface area contributed by atoms with E-state index in [4.69, 9.17) is 9.84 Å². The Morgan fingerprint density at radius 1 is 1.43 bits per heavy atom. The number of ether oxygens (including phenoxy) is 1. The molecule has 0 aliphatic rings. The third-order valence-electron chi connectivity index (χ3n) is 1.69. The Labute approximate surface area is 85.9 Å². The average Bonchev–Trinajstić information content (AvgIpc) is 1.98. The van der Waals surface area contributed by atoms with Crippen molar-refractivity contribution in [1.29, 1.82) is 0 Å². The molecule has 0 rings (SSSR count). The third-order valence-corrected chi connectivity index (χ3v) is 1.69. The first-order chi connectivity index (χ1) is 6.41. The highest BCUT2D eigenvalue weighted by Crippen LogP contribution is 1.95. The van der Waals surface area contributed by atoms with Crippen molar-refractivity contribution >= 4 is 5.97 Å². The van der Waals surface area contributed by atoms with Gasteiger partial charge in [-0.15, -0.1) is 0 Å². The van der Waals surface area contributed by atoms with Gasteiger partial charge in [0.05, 0.1) is 18.8 Å². The lowest BCUT2D eigenvalue weighted by molar-refractivity contribution is -0.148. The Morgan fingerprint density at radius 3 is 2.43 bits per heavy atom. The van der Waals surface area contributed by atoms with Gasteiger partial charge in [-0.25, -0.2) is 0 Å². The maximum atomic E-state index is 11.2. The van der Waals surface area contributed by atoms with Crippen LogP contribution in [0.4, 0.5) is 0 Å². The number of carbonyl (C=O) groups is 1. The molecule has 4 heteroatoms. The third kappa shape index (κ3) is 8.01. The van der Waals surface area contributed by atoms with Crippen molar-refractivity contribution in [3.05, 3.63) is 0 Å². The molecule has 0 saturated carbocycles. The molecule has 0 spiro atoms. The molecule has 0 amide bonds. The van der Waals surface area contributed by atoms with E-state index in [1.165, 1.54) is 0 Å². The van der Waals surface area contributed by atoms with Crippen molar-refractivity contribution in [2.24, 2.45) is 0 Å². The van der Waals surface area contributed by atoms with Gasteiger partial charge >= 0.3 is 5.97 Å². The highest BCUT2D eigenvalue weighted by Gasteiger charge is 2.09. The van der Waals surface area contributed by atoms with Gasteiger partial charge in [-0.2, -0.15) is 0 Å². The summed E-state index contributed by atoms with van der Waals surface area (Å²) in [7, 11) is 1.84. The summed E-state index contributed by atoms with van der Waals surface area (Å²) in [4.78, 5) is 13.0. The zero-order valence-corrected chi connectivity index (χ0v) is 9.49. The van der Waals surface area contributed by atoms with Crippen LogP contribution in [-0.2, 0) is 9.53 Å². The van der Waals surface area contributed by atoms with Gasteiger partial charge in [-0.05, 0) is 34.2 Å². The number of nitrogens with zero attached hydrogens (tertiary/aromatic N) is 1. The second-order valence-corrected chi connectivity index (χ2v) is 3.91. The Balaban J connectivity index is 3.60. The summed E-state index contributed by atoms with van der Waals surface area (Å²) in [5, 5.41) is 9.04. The number of esters is 1. The van der Waals surface area contributed by atoms with Crippen LogP contribution in [0.15, 0.2) is 0 Å². The Hall–Kier alpha value is -0.610. The van der Waals surface area contributed by atoms with E-state index in [0.717, 1.165) is 0 Å². The molecule has 0 aromatic carbocycles. The van der Waals surface area contributed by atoms with E-state index >= 15 is 0 Å². The second kappa shape index (κ2) is 6.79. The second-order valence-electron chi connectivity index (χ2n) is 3.91. The number of carbonyl (C=O) groups excluding carboxylic acids is 1. The summed E-state index contributed by atoms with van der Waals surface area (Å²) in [6, 6.07) is 0. The predicted octanol–water partition coefficient (Wildman–Crippen LogP) is 0.641. The molecule has 0 fully saturated rings. The Kier molecular flexibility index (Phi) is 6.49. The van der Waals surface area contributed by atoms with Gasteiger partial charge in [0.1, 0.15) is 0 Å². The van der Waals surface area contributed by atoms with Crippen molar-refractivity contribution < 1.29 is 14.6 Å². The molecule has 0 aromatic heterocycles. The number of likely N-dealkylation sites (N-methyl/N-ethyl adjacent to an activating group) is 1. The van der Waals surface area contributed by atoms with E-state index in [1.807, 2.05) is 25.8 Å². The molecule has 0 aliphatic heterocycles. The minimum absolute atomic E-state index is 0.0623. The van der Waals surface area contributed by atoms with Gasteiger partial charge in [0.2, 0.25) is 0 Å². The van der Waals surface area contributed by atoms with Crippen molar-refractivity contribution in [3.63, 3.8) is 0 Å². The number of rotatable bonds is 6. The monoisotopic (exact) mass is 203 g/mol. The first-order valence-corrected chi connectivity index (χ1v) is 4.98. The highest BCUT2D eigenvalue weighted by molar-refractivity contribution is 5.71. The molecular formula is C10H21NO3. The van der Waals surface area contributed by atoms with Crippen LogP contribution in [0.5, 0.6) is 0 Å². The number of hydrogen-bond donors (Lipinski definition) is 1. The first-order valence-electron chi connectivity index (χ1n) is 4.98. The molecule has 14 heavy (non-hydrogen) atoms. The minimum Gasteiger partial charge on any atom is -0.462 e. The zero-order chi connectivity index (χ0) is 11.1. The summed E-state index contributed by atoms with van der Waals surface area (Å²) in [6.45, 7) is 6.37. The van der Waals surface area contributed by atoms with Gasteiger partial charge in [0.15, 0.2) is 0 Å². The zero-order valence-electron chi connectivity index (χ0n) is 9.49. The van der Waals surface area contributed by atoms with E-state index in [9.17, 15) is 4.79 Å². The number of aliphatic hydroxyl groups is 1. The van der Waals surface area contributed by atoms with Crippen LogP contribution in [0.1, 0.15) is 27.2 Å². The topological polar surface area (TPSA) is 49.8 Å². The van der Waals surface area contributed by atoms with Crippen LogP contribution >= 0.6 is 0 Å². The molecule has 4 nitrogen and oxygen atoms in total. The van der Waals surface area contributed by atoms with Crippen LogP contribution in [0, 0.1) is 0 Å². The molecular weight excluding hydrogens is 182 g/mol. The van der Waals surface area contributed by atoms with E-state index in [-0.39, 0.29) is 24.7 Å². The van der Waals surface area contributed by atoms with Crippen LogP contribution < -0.4 is 0 Å². The standard InChI is InChI=1S/C10H21NO3/c1-8(2)14-10(13)7-11(4)6-5-9(3)12/h8-9,12H,5-7H2,1-4H3. The molecule has 1 atom stereocenters. The molecule has 1 unspecified atom stereocenters. The summed E-state index contributed by atoms with van der Waals surface area (Å²) >= 11 is 0. The van der Waals surface area contributed by atoms with Crippen LogP contribution in [-0.4, -0.2) is 48.3 Å². The van der Waals surface area contributed by atoms with Gasteiger partial charge < -0.3 is 9.84 Å². The van der Waals surface area contributed by atoms with E-state index in [2.05, 4.69) is 0 Å². The summed E-state index contributed by atoms with van der Waals surface area (Å²) in [5.74, 6) is -0.215. The average molecular weight is 203 g/mol. The van der Waals surface area contributed by atoms with E-state index in [0.29, 0.717) is 13.0 Å². The Morgan fingerprint density at radius 2 is 2.00 bits per heavy atom. The molecule has 0 heterocycles. The van der Waals surface area contributed by atoms with Crippen LogP contribution in [0.3, 0.4) is 0 Å². The van der Waals surface area contributed by atoms with Crippen molar-refractivity contribution in [1.82, 2.24) is 4.90 Å². The molecule has 0 radical (unpaired) electrons. The van der Waals surface area contributed by atoms with Gasteiger partial charge in [-0.3, -0.25) is 9.69 Å². The van der Waals surface area contributed by atoms with Crippen molar-refractivity contribution in [2.75, 3.05) is 20.1 Å². The van der Waals surface area contributed by atoms with E-state index in [1.54, 1.807) is 6.92 Å². The van der Waals surface area contributed by atoms with Crippen molar-refractivity contribution in [2.45, 2.75) is 39.4 Å². The van der Waals surface area contributed by atoms with Gasteiger partial charge in [0, 0.05) is 6.54 Å². The smallest absolute Gasteiger partial charge is 0.320 e. The minimum atomic E-state index is -0.321. The fourth-order valence-electron chi connectivity index (χ4n) is 1.01. The molecule has 1 N–H and O–H groups in total. The maximum absolute atomic E-state index is 11.2. The summed E-state index contributed by atoms with van der Waals surface area (Å²) in [6.07, 6.45) is 0.289. The SMILES string of the molecule is CC(O)CCN(C)CC(=O)OC(C)C. The predicted molar refractivity (Wildman–Crippen MR) is 55.0 cm³/mol. The molecule has 0 saturated heterocycles. The maximum Gasteiger partial charge on any atom is 0.320 e. The quantitative estimate of drug-likeness (QED) is 0.644. The molecule has 84 valence electrons. The lowest BCUT2D eigenvalue weighted by Crippen LogP contribution is -2.30. The van der Waals surface area contributed by atoms with Gasteiger partial charge in [-0.1, -0.05) is 0 Å². The fourth-order valence-corrected chi connectivity index (χ4v) is 1.01. The summed E-state index contributed by atoms with van der Waals surface area (Å²) < 4.78 is 4.98. The number of aliphatic hydroxyl groups excluding tert-OH is 1. The highest BCUT2D eigenvalue weighted by atomic mass is 16.5. The van der Waals surface area contributed by atoms with Crippen molar-refractivity contribution in [3.8, 4) is 0 Å². The Bertz CT molecular complexity index is 169. The normalized spacial score (nSPS) is 13.4. The molecule has 0 aliphatic carbocycles. The van der Waals surface area contributed by atoms with Gasteiger partial charge in [0.25, 0.3) is 0 Å². The first kappa shape index (κ1) is 13.4. The molecule has 0 aromatic rings. The fraction of sp³-hybridized carbons (Fsp3) is 0.900.